The van der Waals surface area contributed by atoms with Crippen molar-refractivity contribution in [2.24, 2.45) is 5.92 Å². The van der Waals surface area contributed by atoms with Crippen LogP contribution in [0.1, 0.15) is 45.3 Å². The zero-order chi connectivity index (χ0) is 16.7. The van der Waals surface area contributed by atoms with Crippen molar-refractivity contribution in [3.05, 3.63) is 35.4 Å². The molecule has 22 heavy (non-hydrogen) atoms. The topological polar surface area (TPSA) is 52.6 Å². The summed E-state index contributed by atoms with van der Waals surface area (Å²) < 4.78 is 36.9. The molecule has 0 spiro atoms. The van der Waals surface area contributed by atoms with E-state index in [1.165, 1.54) is 13.0 Å². The number of ether oxygens (including phenoxy) is 2. The lowest BCUT2D eigenvalue weighted by Crippen LogP contribution is -2.15. The third kappa shape index (κ3) is 5.79. The third-order valence-corrected chi connectivity index (χ3v) is 2.83. The summed E-state index contributed by atoms with van der Waals surface area (Å²) in [5, 5.41) is 0. The highest BCUT2D eigenvalue weighted by Crippen LogP contribution is 2.23. The number of carbonyl (C=O) groups is 2. The van der Waals surface area contributed by atoms with Gasteiger partial charge in [0.2, 0.25) is 0 Å². The van der Waals surface area contributed by atoms with Gasteiger partial charge in [0.25, 0.3) is 0 Å². The summed E-state index contributed by atoms with van der Waals surface area (Å²) in [6.07, 6.45) is -1.39. The first-order chi connectivity index (χ1) is 10.3. The molecule has 4 nitrogen and oxygen atoms in total. The Morgan fingerprint density at radius 2 is 1.59 bits per heavy atom. The van der Waals surface area contributed by atoms with E-state index in [9.17, 15) is 18.4 Å². The Bertz CT molecular complexity index is 509. The van der Waals surface area contributed by atoms with Crippen molar-refractivity contribution in [2.75, 3.05) is 6.61 Å². The summed E-state index contributed by atoms with van der Waals surface area (Å²) in [5.74, 6) is -2.57. The molecule has 0 saturated heterocycles. The molecule has 1 aromatic carbocycles. The van der Waals surface area contributed by atoms with Crippen molar-refractivity contribution in [1.29, 1.82) is 0 Å². The maximum atomic E-state index is 13.5. The largest absolute Gasteiger partial charge is 0.465 e. The van der Waals surface area contributed by atoms with Gasteiger partial charge >= 0.3 is 11.9 Å². The molecule has 0 saturated carbocycles. The van der Waals surface area contributed by atoms with Gasteiger partial charge in [0.05, 0.1) is 25.0 Å². The molecule has 1 unspecified atom stereocenters. The van der Waals surface area contributed by atoms with Gasteiger partial charge < -0.3 is 9.47 Å². The molecule has 0 radical (unpaired) electrons. The van der Waals surface area contributed by atoms with Gasteiger partial charge in [0.1, 0.15) is 17.7 Å². The average molecular weight is 314 g/mol. The minimum atomic E-state index is -1.07. The highest BCUT2D eigenvalue weighted by molar-refractivity contribution is 5.77. The van der Waals surface area contributed by atoms with Gasteiger partial charge in [-0.3, -0.25) is 9.59 Å². The van der Waals surface area contributed by atoms with Gasteiger partial charge in [-0.2, -0.15) is 0 Å². The summed E-state index contributed by atoms with van der Waals surface area (Å²) in [5.41, 5.74) is -0.307. The summed E-state index contributed by atoms with van der Waals surface area (Å²) in [4.78, 5) is 23.0. The predicted octanol–water partition coefficient (Wildman–Crippen LogP) is 3.55. The number of rotatable bonds is 7. The van der Waals surface area contributed by atoms with Gasteiger partial charge in [-0.1, -0.05) is 19.9 Å². The molecule has 1 atom stereocenters. The Labute approximate surface area is 128 Å². The molecule has 0 aromatic heterocycles. The van der Waals surface area contributed by atoms with Crippen molar-refractivity contribution in [3.8, 4) is 0 Å². The van der Waals surface area contributed by atoms with Crippen molar-refractivity contribution in [3.63, 3.8) is 0 Å². The van der Waals surface area contributed by atoms with Gasteiger partial charge in [-0.05, 0) is 25.0 Å². The van der Waals surface area contributed by atoms with Crippen LogP contribution in [0.5, 0.6) is 0 Å². The number of halogens is 2. The van der Waals surface area contributed by atoms with E-state index in [0.717, 1.165) is 12.1 Å². The molecule has 0 aliphatic carbocycles. The van der Waals surface area contributed by atoms with Crippen LogP contribution in [0.3, 0.4) is 0 Å². The number of hydrogen-bond donors (Lipinski definition) is 0. The zero-order valence-electron chi connectivity index (χ0n) is 12.9. The highest BCUT2D eigenvalue weighted by Gasteiger charge is 2.20. The molecular formula is C16H20F2O4. The molecule has 0 heterocycles. The molecule has 0 fully saturated rings. The van der Waals surface area contributed by atoms with Crippen LogP contribution in [0.25, 0.3) is 0 Å². The van der Waals surface area contributed by atoms with E-state index >= 15 is 0 Å². The quantitative estimate of drug-likeness (QED) is 0.722. The van der Waals surface area contributed by atoms with Crippen LogP contribution in [0.4, 0.5) is 8.78 Å². The van der Waals surface area contributed by atoms with E-state index in [-0.39, 0.29) is 30.9 Å². The fraction of sp³-hybridized carbons (Fsp3) is 0.500. The molecule has 122 valence electrons. The lowest BCUT2D eigenvalue weighted by atomic mass is 10.1. The van der Waals surface area contributed by atoms with Crippen LogP contribution in [-0.4, -0.2) is 18.5 Å². The molecule has 1 aromatic rings. The van der Waals surface area contributed by atoms with Gasteiger partial charge in [-0.15, -0.1) is 0 Å². The number of hydrogen-bond acceptors (Lipinski definition) is 4. The maximum absolute atomic E-state index is 13.5. The van der Waals surface area contributed by atoms with Crippen molar-refractivity contribution < 1.29 is 27.8 Å². The Hall–Kier alpha value is -1.98. The van der Waals surface area contributed by atoms with Crippen LogP contribution < -0.4 is 0 Å². The molecule has 1 rings (SSSR count). The first-order valence-electron chi connectivity index (χ1n) is 7.10. The van der Waals surface area contributed by atoms with Crippen LogP contribution >= 0.6 is 0 Å². The van der Waals surface area contributed by atoms with Crippen molar-refractivity contribution in [1.82, 2.24) is 0 Å². The van der Waals surface area contributed by atoms with Crippen LogP contribution in [0.2, 0.25) is 0 Å². The second kappa shape index (κ2) is 8.46. The normalized spacial score (nSPS) is 12.1. The summed E-state index contributed by atoms with van der Waals surface area (Å²) in [6, 6.07) is 3.41. The number of carbonyl (C=O) groups excluding carboxylic acids is 2. The van der Waals surface area contributed by atoms with Gasteiger partial charge in [0, 0.05) is 0 Å². The molecule has 0 bridgehead atoms. The summed E-state index contributed by atoms with van der Waals surface area (Å²) in [6.45, 7) is 5.44. The lowest BCUT2D eigenvalue weighted by Gasteiger charge is -2.15. The van der Waals surface area contributed by atoms with Crippen molar-refractivity contribution >= 4 is 11.9 Å². The van der Waals surface area contributed by atoms with E-state index in [1.807, 2.05) is 13.8 Å². The second-order valence-electron chi connectivity index (χ2n) is 5.34. The van der Waals surface area contributed by atoms with E-state index in [2.05, 4.69) is 0 Å². The highest BCUT2D eigenvalue weighted by atomic mass is 19.1. The van der Waals surface area contributed by atoms with E-state index in [0.29, 0.717) is 0 Å². The Kier molecular flexibility index (Phi) is 6.95. The first kappa shape index (κ1) is 18.1. The minimum Gasteiger partial charge on any atom is -0.465 e. The predicted molar refractivity (Wildman–Crippen MR) is 75.9 cm³/mol. The zero-order valence-corrected chi connectivity index (χ0v) is 12.9. The summed E-state index contributed by atoms with van der Waals surface area (Å²) in [7, 11) is 0. The van der Waals surface area contributed by atoms with Crippen LogP contribution in [0, 0.1) is 17.6 Å². The number of benzene rings is 1. The Balaban J connectivity index is 2.46. The van der Waals surface area contributed by atoms with E-state index < -0.39 is 29.7 Å². The van der Waals surface area contributed by atoms with E-state index in [1.54, 1.807) is 0 Å². The summed E-state index contributed by atoms with van der Waals surface area (Å²) >= 11 is 0. The van der Waals surface area contributed by atoms with Crippen molar-refractivity contribution in [2.45, 2.75) is 39.7 Å². The number of esters is 2. The maximum Gasteiger partial charge on any atom is 0.306 e. The first-order valence-corrected chi connectivity index (χ1v) is 7.10. The molecule has 0 N–H and O–H groups in total. The molecule has 0 amide bonds. The molecule has 0 aliphatic heterocycles. The smallest absolute Gasteiger partial charge is 0.306 e. The minimum absolute atomic E-state index is 0.127. The fourth-order valence-electron chi connectivity index (χ4n) is 1.75. The molecular weight excluding hydrogens is 294 g/mol. The third-order valence-electron chi connectivity index (χ3n) is 2.83. The SMILES string of the molecule is CC(C)COC(=O)CCC(=O)OC(C)c1c(F)cccc1F. The lowest BCUT2D eigenvalue weighted by molar-refractivity contribution is -0.153. The Morgan fingerprint density at radius 3 is 2.14 bits per heavy atom. The van der Waals surface area contributed by atoms with Crippen LogP contribution in [-0.2, 0) is 19.1 Å². The van der Waals surface area contributed by atoms with Gasteiger partial charge in [-0.25, -0.2) is 8.78 Å². The van der Waals surface area contributed by atoms with Gasteiger partial charge in [0.15, 0.2) is 0 Å². The molecule has 6 heteroatoms. The monoisotopic (exact) mass is 314 g/mol. The molecule has 0 aliphatic rings. The standard InChI is InChI=1S/C16H20F2O4/c1-10(2)9-21-14(19)7-8-15(20)22-11(3)16-12(17)5-4-6-13(16)18/h4-6,10-11H,7-9H2,1-3H3. The Morgan fingerprint density at radius 1 is 1.05 bits per heavy atom. The fourth-order valence-corrected chi connectivity index (χ4v) is 1.75. The average Bonchev–Trinajstić information content (AvgIpc) is 2.42. The van der Waals surface area contributed by atoms with E-state index in [4.69, 9.17) is 9.47 Å². The van der Waals surface area contributed by atoms with Crippen LogP contribution in [0.15, 0.2) is 18.2 Å². The second-order valence-corrected chi connectivity index (χ2v) is 5.34.